The Morgan fingerprint density at radius 3 is 2.29 bits per heavy atom. The van der Waals surface area contributed by atoms with Gasteiger partial charge in [-0.25, -0.2) is 17.8 Å². The number of hydrogen-bond donors (Lipinski definition) is 2. The molecule has 6 nitrogen and oxygen atoms in total. The van der Waals surface area contributed by atoms with Gasteiger partial charge >= 0.3 is 0 Å². The van der Waals surface area contributed by atoms with Crippen LogP contribution < -0.4 is 10.5 Å². The molecular formula is C12H12N2O4S3. The van der Waals surface area contributed by atoms with Crippen molar-refractivity contribution >= 4 is 43.8 Å². The predicted molar refractivity (Wildman–Crippen MR) is 81.1 cm³/mol. The number of amides is 1. The number of thiophene rings is 1. The van der Waals surface area contributed by atoms with E-state index in [4.69, 9.17) is 5.14 Å². The summed E-state index contributed by atoms with van der Waals surface area (Å²) >= 11 is 0.875. The number of nitrogens with two attached hydrogens (primary N) is 1. The lowest BCUT2D eigenvalue weighted by atomic mass is 10.3. The summed E-state index contributed by atoms with van der Waals surface area (Å²) in [5.74, 6) is -0.195. The summed E-state index contributed by atoms with van der Waals surface area (Å²) in [5.41, 5.74) is 0.597. The van der Waals surface area contributed by atoms with E-state index < -0.39 is 20.8 Å². The molecule has 0 aliphatic carbocycles. The summed E-state index contributed by atoms with van der Waals surface area (Å²) < 4.78 is 35.1. The molecule has 1 heterocycles. The Morgan fingerprint density at radius 2 is 1.81 bits per heavy atom. The van der Waals surface area contributed by atoms with Crippen LogP contribution >= 0.6 is 11.3 Å². The lowest BCUT2D eigenvalue weighted by Gasteiger charge is -2.03. The summed E-state index contributed by atoms with van der Waals surface area (Å²) in [6.07, 6.45) is 0. The molecule has 0 aliphatic heterocycles. The third-order valence-corrected chi connectivity index (χ3v) is 6.63. The number of benzene rings is 1. The number of hydrogen-bond acceptors (Lipinski definition) is 5. The van der Waals surface area contributed by atoms with E-state index in [-0.39, 0.29) is 10.1 Å². The van der Waals surface area contributed by atoms with Crippen LogP contribution in [0.4, 0.5) is 5.69 Å². The maximum atomic E-state index is 12.3. The van der Waals surface area contributed by atoms with E-state index in [0.717, 1.165) is 11.3 Å². The highest BCUT2D eigenvalue weighted by Crippen LogP contribution is 2.27. The molecule has 1 aromatic carbocycles. The van der Waals surface area contributed by atoms with E-state index in [1.54, 1.807) is 24.3 Å². The van der Waals surface area contributed by atoms with E-state index in [9.17, 15) is 17.4 Å². The normalized spacial score (nSPS) is 12.9. The highest BCUT2D eigenvalue weighted by molar-refractivity contribution is 7.92. The highest BCUT2D eigenvalue weighted by atomic mass is 32.3. The van der Waals surface area contributed by atoms with E-state index in [1.807, 2.05) is 0 Å². The Kier molecular flexibility index (Phi) is 4.57. The number of carbonyl (C=O) groups is 1. The molecule has 2 aromatic rings. The van der Waals surface area contributed by atoms with Gasteiger partial charge < -0.3 is 5.32 Å². The smallest absolute Gasteiger partial charge is 0.247 e. The SMILES string of the molecule is CC(=O)Nc1ccc([S@](=O)c2ccc(S(N)(=O)=O)s2)cc1. The molecule has 1 amide bonds. The molecule has 0 fully saturated rings. The first kappa shape index (κ1) is 15.8. The van der Waals surface area contributed by atoms with Gasteiger partial charge in [0.15, 0.2) is 0 Å². The van der Waals surface area contributed by atoms with Crippen LogP contribution in [0.3, 0.4) is 0 Å². The first-order valence-electron chi connectivity index (χ1n) is 5.69. The minimum Gasteiger partial charge on any atom is -0.326 e. The number of anilines is 1. The lowest BCUT2D eigenvalue weighted by molar-refractivity contribution is -0.114. The first-order chi connectivity index (χ1) is 9.77. The Bertz CT molecular complexity index is 794. The third kappa shape index (κ3) is 3.97. The van der Waals surface area contributed by atoms with Crippen LogP contribution in [0.2, 0.25) is 0 Å². The fraction of sp³-hybridized carbons (Fsp3) is 0.0833. The topological polar surface area (TPSA) is 106 Å². The van der Waals surface area contributed by atoms with Gasteiger partial charge in [0.25, 0.3) is 0 Å². The van der Waals surface area contributed by atoms with Crippen molar-refractivity contribution in [3.8, 4) is 0 Å². The molecule has 2 rings (SSSR count). The Hall–Kier alpha value is -1.55. The molecule has 9 heteroatoms. The molecule has 0 radical (unpaired) electrons. The number of carbonyl (C=O) groups excluding carboxylic acids is 1. The second-order valence-electron chi connectivity index (χ2n) is 4.09. The van der Waals surface area contributed by atoms with Crippen LogP contribution in [-0.4, -0.2) is 18.5 Å². The van der Waals surface area contributed by atoms with Crippen LogP contribution in [0, 0.1) is 0 Å². The van der Waals surface area contributed by atoms with Crippen LogP contribution in [0.25, 0.3) is 0 Å². The van der Waals surface area contributed by atoms with Gasteiger partial charge in [-0.05, 0) is 36.4 Å². The highest BCUT2D eigenvalue weighted by Gasteiger charge is 2.15. The first-order valence-corrected chi connectivity index (χ1v) is 9.21. The number of nitrogens with one attached hydrogen (secondary N) is 1. The quantitative estimate of drug-likeness (QED) is 0.877. The van der Waals surface area contributed by atoms with E-state index in [1.165, 1.54) is 19.1 Å². The average molecular weight is 344 g/mol. The molecule has 1 atom stereocenters. The summed E-state index contributed by atoms with van der Waals surface area (Å²) in [6.45, 7) is 1.40. The lowest BCUT2D eigenvalue weighted by Crippen LogP contribution is -2.09. The summed E-state index contributed by atoms with van der Waals surface area (Å²) in [6, 6.07) is 9.28. The van der Waals surface area contributed by atoms with Gasteiger partial charge in [-0.3, -0.25) is 4.79 Å². The van der Waals surface area contributed by atoms with Crippen molar-refractivity contribution < 1.29 is 17.4 Å². The summed E-state index contributed by atoms with van der Waals surface area (Å²) in [5, 5.41) is 7.62. The van der Waals surface area contributed by atoms with Gasteiger partial charge in [0, 0.05) is 17.5 Å². The van der Waals surface area contributed by atoms with Crippen molar-refractivity contribution in [1.29, 1.82) is 0 Å². The zero-order valence-corrected chi connectivity index (χ0v) is 13.3. The Labute approximate surface area is 128 Å². The number of primary sulfonamides is 1. The predicted octanol–water partition coefficient (Wildman–Crippen LogP) is 1.52. The molecule has 0 saturated heterocycles. The number of sulfonamides is 1. The molecule has 0 unspecified atom stereocenters. The monoisotopic (exact) mass is 344 g/mol. The third-order valence-electron chi connectivity index (χ3n) is 2.41. The van der Waals surface area contributed by atoms with Crippen molar-refractivity contribution in [3.63, 3.8) is 0 Å². The van der Waals surface area contributed by atoms with Gasteiger partial charge in [0.05, 0.1) is 15.0 Å². The van der Waals surface area contributed by atoms with Gasteiger partial charge in [0.2, 0.25) is 15.9 Å². The van der Waals surface area contributed by atoms with Crippen LogP contribution in [0.1, 0.15) is 6.92 Å². The summed E-state index contributed by atoms with van der Waals surface area (Å²) in [7, 11) is -5.28. The van der Waals surface area contributed by atoms with E-state index >= 15 is 0 Å². The number of rotatable bonds is 4. The van der Waals surface area contributed by atoms with Gasteiger partial charge in [-0.2, -0.15) is 0 Å². The van der Waals surface area contributed by atoms with Crippen LogP contribution in [0.5, 0.6) is 0 Å². The molecule has 21 heavy (non-hydrogen) atoms. The minimum atomic E-state index is -3.78. The fourth-order valence-corrected chi connectivity index (χ4v) is 4.83. The molecule has 0 spiro atoms. The van der Waals surface area contributed by atoms with Crippen molar-refractivity contribution in [2.24, 2.45) is 5.14 Å². The van der Waals surface area contributed by atoms with E-state index in [0.29, 0.717) is 14.8 Å². The molecule has 112 valence electrons. The fourth-order valence-electron chi connectivity index (χ4n) is 1.54. The molecule has 3 N–H and O–H groups in total. The van der Waals surface area contributed by atoms with Crippen molar-refractivity contribution in [2.75, 3.05) is 5.32 Å². The van der Waals surface area contributed by atoms with Crippen LogP contribution in [0.15, 0.2) is 49.7 Å². The summed E-state index contributed by atoms with van der Waals surface area (Å²) in [4.78, 5) is 11.4. The molecule has 0 bridgehead atoms. The van der Waals surface area contributed by atoms with Crippen LogP contribution in [-0.2, 0) is 25.6 Å². The second kappa shape index (κ2) is 6.06. The van der Waals surface area contributed by atoms with Gasteiger partial charge in [-0.1, -0.05) is 0 Å². The van der Waals surface area contributed by atoms with Gasteiger partial charge in [0.1, 0.15) is 4.21 Å². The molecule has 0 aliphatic rings. The molecule has 0 saturated carbocycles. The zero-order valence-electron chi connectivity index (χ0n) is 10.9. The Balaban J connectivity index is 2.24. The maximum Gasteiger partial charge on any atom is 0.247 e. The zero-order chi connectivity index (χ0) is 15.6. The molecule has 1 aromatic heterocycles. The standard InChI is InChI=1S/C12H12N2O4S3/c1-8(15)14-9-2-4-10(5-3-9)20(16)11-6-7-12(19-11)21(13,17)18/h2-7H,1H3,(H,14,15)(H2,13,17,18)/t20-/m0/s1. The minimum absolute atomic E-state index is 0.0271. The van der Waals surface area contributed by atoms with Crippen molar-refractivity contribution in [2.45, 2.75) is 20.2 Å². The van der Waals surface area contributed by atoms with Gasteiger partial charge in [-0.15, -0.1) is 11.3 Å². The average Bonchev–Trinajstić information content (AvgIpc) is 2.87. The van der Waals surface area contributed by atoms with Crippen molar-refractivity contribution in [3.05, 3.63) is 36.4 Å². The molecular weight excluding hydrogens is 332 g/mol. The second-order valence-corrected chi connectivity index (χ2v) is 8.67. The largest absolute Gasteiger partial charge is 0.326 e. The van der Waals surface area contributed by atoms with Crippen molar-refractivity contribution in [1.82, 2.24) is 0 Å². The van der Waals surface area contributed by atoms with E-state index in [2.05, 4.69) is 5.32 Å². The maximum absolute atomic E-state index is 12.3. The Morgan fingerprint density at radius 1 is 1.19 bits per heavy atom.